The van der Waals surface area contributed by atoms with E-state index in [1.165, 1.54) is 5.56 Å². The molecule has 2 N–H and O–H groups in total. The van der Waals surface area contributed by atoms with Crippen LogP contribution in [0.4, 0.5) is 0 Å². The third kappa shape index (κ3) is 3.58. The largest absolute Gasteiger partial charge is 0.340 e. The Hall–Kier alpha value is -1.39. The molecule has 0 bridgehead atoms. The molecule has 1 heterocycles. The van der Waals surface area contributed by atoms with Crippen LogP contribution in [0.3, 0.4) is 0 Å². The van der Waals surface area contributed by atoms with Crippen molar-refractivity contribution >= 4 is 5.91 Å². The summed E-state index contributed by atoms with van der Waals surface area (Å²) in [4.78, 5) is 16.1. The molecule has 1 fully saturated rings. The molecular formula is C16H25N3O. The summed E-state index contributed by atoms with van der Waals surface area (Å²) in [6.07, 6.45) is 1.04. The molecule has 1 saturated heterocycles. The summed E-state index contributed by atoms with van der Waals surface area (Å²) in [6, 6.07) is 11.4. The van der Waals surface area contributed by atoms with Crippen molar-refractivity contribution in [2.24, 2.45) is 5.73 Å². The maximum atomic E-state index is 11.7. The van der Waals surface area contributed by atoms with E-state index in [4.69, 9.17) is 5.73 Å². The average Bonchev–Trinajstić information content (AvgIpc) is 2.94. The number of hydrogen-bond acceptors (Lipinski definition) is 3. The Morgan fingerprint density at radius 1 is 1.40 bits per heavy atom. The van der Waals surface area contributed by atoms with Crippen LogP contribution in [-0.4, -0.2) is 47.4 Å². The van der Waals surface area contributed by atoms with Gasteiger partial charge >= 0.3 is 0 Å². The number of rotatable bonds is 5. The predicted octanol–water partition coefficient (Wildman–Crippen LogP) is 1.46. The molecule has 1 atom stereocenters. The molecule has 4 heteroatoms. The summed E-state index contributed by atoms with van der Waals surface area (Å²) in [7, 11) is 0. The number of carbonyl (C=O) groups excluding carboxylic acids is 1. The molecule has 0 aromatic heterocycles. The Bertz CT molecular complexity index is 433. The number of nitrogens with two attached hydrogens (primary N) is 1. The summed E-state index contributed by atoms with van der Waals surface area (Å²) in [5.74, 6) is 0.0657. The van der Waals surface area contributed by atoms with Gasteiger partial charge in [-0.3, -0.25) is 9.69 Å². The smallest absolute Gasteiger partial charge is 0.236 e. The highest BCUT2D eigenvalue weighted by Gasteiger charge is 2.30. The molecule has 1 aromatic rings. The topological polar surface area (TPSA) is 49.6 Å². The second-order valence-electron chi connectivity index (χ2n) is 5.74. The molecule has 1 aliphatic heterocycles. The molecular weight excluding hydrogens is 250 g/mol. The van der Waals surface area contributed by atoms with E-state index in [-0.39, 0.29) is 12.5 Å². The molecule has 20 heavy (non-hydrogen) atoms. The summed E-state index contributed by atoms with van der Waals surface area (Å²) in [5, 5.41) is 0. The quantitative estimate of drug-likeness (QED) is 0.885. The third-order valence-electron chi connectivity index (χ3n) is 4.03. The molecule has 0 radical (unpaired) electrons. The van der Waals surface area contributed by atoms with Crippen molar-refractivity contribution in [3.05, 3.63) is 35.9 Å². The number of carbonyl (C=O) groups is 1. The van der Waals surface area contributed by atoms with Gasteiger partial charge in [0.25, 0.3) is 0 Å². The Kier molecular flexibility index (Phi) is 5.15. The van der Waals surface area contributed by atoms with Crippen molar-refractivity contribution in [1.29, 1.82) is 0 Å². The lowest BCUT2D eigenvalue weighted by molar-refractivity contribution is -0.128. The van der Waals surface area contributed by atoms with Gasteiger partial charge in [0, 0.05) is 31.7 Å². The fourth-order valence-corrected chi connectivity index (χ4v) is 2.90. The second-order valence-corrected chi connectivity index (χ2v) is 5.74. The molecule has 0 unspecified atom stereocenters. The van der Waals surface area contributed by atoms with Gasteiger partial charge in [0.1, 0.15) is 0 Å². The summed E-state index contributed by atoms with van der Waals surface area (Å²) >= 11 is 0. The van der Waals surface area contributed by atoms with Gasteiger partial charge in [-0.2, -0.15) is 0 Å². The van der Waals surface area contributed by atoms with Gasteiger partial charge in [-0.1, -0.05) is 30.3 Å². The molecule has 0 spiro atoms. The van der Waals surface area contributed by atoms with Crippen molar-refractivity contribution in [3.8, 4) is 0 Å². The van der Waals surface area contributed by atoms with Crippen LogP contribution in [0.2, 0.25) is 0 Å². The van der Waals surface area contributed by atoms with Gasteiger partial charge in [0.2, 0.25) is 5.91 Å². The van der Waals surface area contributed by atoms with Crippen LogP contribution < -0.4 is 5.73 Å². The Morgan fingerprint density at radius 2 is 2.10 bits per heavy atom. The molecule has 1 aliphatic rings. The molecule has 0 saturated carbocycles. The Balaban J connectivity index is 2.01. The van der Waals surface area contributed by atoms with Crippen molar-refractivity contribution in [2.75, 3.05) is 19.6 Å². The molecule has 1 amide bonds. The van der Waals surface area contributed by atoms with Gasteiger partial charge in [-0.15, -0.1) is 0 Å². The normalized spacial score (nSPS) is 19.1. The van der Waals surface area contributed by atoms with Gasteiger partial charge < -0.3 is 10.6 Å². The lowest BCUT2D eigenvalue weighted by Crippen LogP contribution is -2.43. The fourth-order valence-electron chi connectivity index (χ4n) is 2.90. The van der Waals surface area contributed by atoms with E-state index in [1.807, 2.05) is 11.0 Å². The van der Waals surface area contributed by atoms with Crippen molar-refractivity contribution < 1.29 is 4.79 Å². The monoisotopic (exact) mass is 275 g/mol. The molecule has 0 aliphatic carbocycles. The second kappa shape index (κ2) is 6.86. The summed E-state index contributed by atoms with van der Waals surface area (Å²) in [5.41, 5.74) is 6.78. The van der Waals surface area contributed by atoms with Crippen molar-refractivity contribution in [3.63, 3.8) is 0 Å². The van der Waals surface area contributed by atoms with Gasteiger partial charge in [0.15, 0.2) is 0 Å². The Morgan fingerprint density at radius 3 is 2.70 bits per heavy atom. The van der Waals surface area contributed by atoms with E-state index in [1.54, 1.807) is 0 Å². The van der Waals surface area contributed by atoms with E-state index >= 15 is 0 Å². The number of likely N-dealkylation sites (tertiary alicyclic amines) is 1. The SMILES string of the molecule is CC(C)N(Cc1ccccc1)[C@@H]1CCN(C(=O)CN)C1. The number of benzene rings is 1. The first-order valence-electron chi connectivity index (χ1n) is 7.39. The van der Waals surface area contributed by atoms with Gasteiger partial charge in [-0.05, 0) is 25.8 Å². The zero-order valence-electron chi connectivity index (χ0n) is 12.5. The maximum Gasteiger partial charge on any atom is 0.236 e. The van der Waals surface area contributed by atoms with E-state index in [9.17, 15) is 4.79 Å². The molecule has 110 valence electrons. The average molecular weight is 275 g/mol. The molecule has 4 nitrogen and oxygen atoms in total. The van der Waals surface area contributed by atoms with Crippen LogP contribution in [0.5, 0.6) is 0 Å². The first-order valence-corrected chi connectivity index (χ1v) is 7.39. The van der Waals surface area contributed by atoms with Crippen molar-refractivity contribution in [1.82, 2.24) is 9.80 Å². The van der Waals surface area contributed by atoms with E-state index in [2.05, 4.69) is 43.0 Å². The first kappa shape index (κ1) is 15.0. The zero-order valence-corrected chi connectivity index (χ0v) is 12.5. The van der Waals surface area contributed by atoms with Crippen molar-refractivity contribution in [2.45, 2.75) is 38.9 Å². The summed E-state index contributed by atoms with van der Waals surface area (Å²) in [6.45, 7) is 7.13. The van der Waals surface area contributed by atoms with Crippen LogP contribution in [0.25, 0.3) is 0 Å². The van der Waals surface area contributed by atoms with Gasteiger partial charge in [0.05, 0.1) is 6.54 Å². The first-order chi connectivity index (χ1) is 9.61. The van der Waals surface area contributed by atoms with Crippen LogP contribution >= 0.6 is 0 Å². The predicted molar refractivity (Wildman–Crippen MR) is 81.2 cm³/mol. The number of hydrogen-bond donors (Lipinski definition) is 1. The maximum absolute atomic E-state index is 11.7. The van der Waals surface area contributed by atoms with Crippen LogP contribution in [-0.2, 0) is 11.3 Å². The highest BCUT2D eigenvalue weighted by molar-refractivity contribution is 5.78. The van der Waals surface area contributed by atoms with Crippen LogP contribution in [0, 0.1) is 0 Å². The minimum absolute atomic E-state index is 0.0657. The van der Waals surface area contributed by atoms with E-state index in [0.717, 1.165) is 26.1 Å². The van der Waals surface area contributed by atoms with E-state index < -0.39 is 0 Å². The lowest BCUT2D eigenvalue weighted by atomic mass is 10.1. The Labute approximate surface area is 121 Å². The highest BCUT2D eigenvalue weighted by atomic mass is 16.2. The van der Waals surface area contributed by atoms with Gasteiger partial charge in [-0.25, -0.2) is 0 Å². The zero-order chi connectivity index (χ0) is 14.5. The minimum atomic E-state index is 0.0657. The fraction of sp³-hybridized carbons (Fsp3) is 0.562. The number of amides is 1. The number of nitrogens with zero attached hydrogens (tertiary/aromatic N) is 2. The highest BCUT2D eigenvalue weighted by Crippen LogP contribution is 2.20. The summed E-state index contributed by atoms with van der Waals surface area (Å²) < 4.78 is 0. The standard InChI is InChI=1S/C16H25N3O/c1-13(2)19(11-14-6-4-3-5-7-14)15-8-9-18(12-15)16(20)10-17/h3-7,13,15H,8-12,17H2,1-2H3/t15-/m1/s1. The lowest BCUT2D eigenvalue weighted by Gasteiger charge is -2.32. The molecule has 1 aromatic carbocycles. The third-order valence-corrected chi connectivity index (χ3v) is 4.03. The minimum Gasteiger partial charge on any atom is -0.340 e. The van der Waals surface area contributed by atoms with Crippen LogP contribution in [0.15, 0.2) is 30.3 Å². The van der Waals surface area contributed by atoms with E-state index in [0.29, 0.717) is 12.1 Å². The molecule has 2 rings (SSSR count). The van der Waals surface area contributed by atoms with Crippen LogP contribution in [0.1, 0.15) is 25.8 Å².